The minimum atomic E-state index is -1.23. The lowest BCUT2D eigenvalue weighted by Crippen LogP contribution is -2.52. The number of benzene rings is 1. The van der Waals surface area contributed by atoms with Crippen LogP contribution in [0.4, 0.5) is 4.79 Å². The second-order valence-electron chi connectivity index (χ2n) is 10.2. The van der Waals surface area contributed by atoms with E-state index in [0.29, 0.717) is 24.1 Å². The summed E-state index contributed by atoms with van der Waals surface area (Å²) in [6.45, 7) is 16.8. The van der Waals surface area contributed by atoms with Crippen LogP contribution in [-0.2, 0) is 9.16 Å². The molecule has 183 valence electrons. The molecule has 7 nitrogen and oxygen atoms in total. The van der Waals surface area contributed by atoms with Gasteiger partial charge in [-0.3, -0.25) is 19.4 Å². The van der Waals surface area contributed by atoms with E-state index in [4.69, 9.17) is 9.16 Å². The molecule has 0 aromatic heterocycles. The van der Waals surface area contributed by atoms with E-state index in [-0.39, 0.29) is 36.3 Å². The minimum Gasteiger partial charge on any atom is -0.445 e. The molecule has 1 aromatic carbocycles. The van der Waals surface area contributed by atoms with Gasteiger partial charge in [0.2, 0.25) is 9.04 Å². The molecule has 1 aromatic rings. The first-order valence-corrected chi connectivity index (χ1v) is 14.0. The van der Waals surface area contributed by atoms with E-state index >= 15 is 0 Å². The summed E-state index contributed by atoms with van der Waals surface area (Å²) in [5, 5.41) is 0. The predicted octanol–water partition coefficient (Wildman–Crippen LogP) is 4.88. The molecule has 1 fully saturated rings. The fourth-order valence-electron chi connectivity index (χ4n) is 4.57. The Bertz CT molecular complexity index is 978. The van der Waals surface area contributed by atoms with Gasteiger partial charge in [0.05, 0.1) is 11.1 Å². The standard InChI is InChI=1S/C26H35N2O5Si/c1-8-15-32-24(31)28-17-19(25(3,4)5)16-26(28,33-34(6)7)18(2)13-14-27-22(29)20-11-9-10-12-21(20)23(27)30/h8-13,19H,1,14-17H2,2-7H3/b18-13+/t19-,26-/m0/s1. The summed E-state index contributed by atoms with van der Waals surface area (Å²) < 4.78 is 12.0. The monoisotopic (exact) mass is 483 g/mol. The van der Waals surface area contributed by atoms with Crippen molar-refractivity contribution < 1.29 is 23.5 Å². The molecule has 0 unspecified atom stereocenters. The first-order chi connectivity index (χ1) is 15.9. The maximum absolute atomic E-state index is 13.1. The molecule has 8 heteroatoms. The Hall–Kier alpha value is -2.71. The molecule has 2 aliphatic heterocycles. The van der Waals surface area contributed by atoms with Gasteiger partial charge in [0.15, 0.2) is 5.72 Å². The topological polar surface area (TPSA) is 76.2 Å². The van der Waals surface area contributed by atoms with Crippen LogP contribution < -0.4 is 0 Å². The van der Waals surface area contributed by atoms with Crippen molar-refractivity contribution in [3.63, 3.8) is 0 Å². The van der Waals surface area contributed by atoms with Gasteiger partial charge >= 0.3 is 6.09 Å². The number of carbonyl (C=O) groups excluding carboxylic acids is 3. The zero-order chi connectivity index (χ0) is 25.3. The summed E-state index contributed by atoms with van der Waals surface area (Å²) in [7, 11) is -1.23. The lowest BCUT2D eigenvalue weighted by atomic mass is 9.78. The van der Waals surface area contributed by atoms with Crippen molar-refractivity contribution in [2.45, 2.75) is 52.9 Å². The van der Waals surface area contributed by atoms with Crippen LogP contribution in [0.15, 0.2) is 48.6 Å². The zero-order valence-corrected chi connectivity index (χ0v) is 22.0. The number of hydrogen-bond donors (Lipinski definition) is 0. The van der Waals surface area contributed by atoms with Crippen molar-refractivity contribution in [1.82, 2.24) is 9.80 Å². The third-order valence-corrected chi connectivity index (χ3v) is 7.33. The van der Waals surface area contributed by atoms with Crippen molar-refractivity contribution in [2.75, 3.05) is 19.7 Å². The summed E-state index contributed by atoms with van der Waals surface area (Å²) in [6, 6.07) is 6.84. The molecule has 2 atom stereocenters. The van der Waals surface area contributed by atoms with Gasteiger partial charge in [0.1, 0.15) is 6.61 Å². The fourth-order valence-corrected chi connectivity index (χ4v) is 5.60. The Balaban J connectivity index is 1.96. The molecule has 3 rings (SSSR count). The summed E-state index contributed by atoms with van der Waals surface area (Å²) in [5.74, 6) is -0.444. The Kier molecular flexibility index (Phi) is 7.52. The van der Waals surface area contributed by atoms with Crippen LogP contribution in [-0.4, -0.2) is 62.2 Å². The van der Waals surface area contributed by atoms with Crippen molar-refractivity contribution in [1.29, 1.82) is 0 Å². The molecular formula is C26H35N2O5Si. The lowest BCUT2D eigenvalue weighted by Gasteiger charge is -2.40. The van der Waals surface area contributed by atoms with Crippen molar-refractivity contribution in [3.05, 3.63) is 59.7 Å². The third-order valence-electron chi connectivity index (χ3n) is 6.58. The highest BCUT2D eigenvalue weighted by molar-refractivity contribution is 6.48. The van der Waals surface area contributed by atoms with E-state index in [0.717, 1.165) is 5.57 Å². The number of hydrogen-bond acceptors (Lipinski definition) is 5. The summed E-state index contributed by atoms with van der Waals surface area (Å²) in [5.41, 5.74) is 0.574. The van der Waals surface area contributed by atoms with Crippen molar-refractivity contribution in [2.24, 2.45) is 11.3 Å². The Labute approximate surface area is 204 Å². The van der Waals surface area contributed by atoms with E-state index in [1.165, 1.54) is 11.0 Å². The number of ether oxygens (including phenoxy) is 1. The summed E-state index contributed by atoms with van der Waals surface area (Å²) in [4.78, 5) is 41.7. The van der Waals surface area contributed by atoms with Crippen LogP contribution in [0.3, 0.4) is 0 Å². The number of rotatable bonds is 7. The van der Waals surface area contributed by atoms with Crippen LogP contribution in [0.5, 0.6) is 0 Å². The zero-order valence-electron chi connectivity index (χ0n) is 21.0. The second kappa shape index (κ2) is 9.88. The molecule has 2 heterocycles. The van der Waals surface area contributed by atoms with Crippen LogP contribution >= 0.6 is 0 Å². The van der Waals surface area contributed by atoms with Crippen molar-refractivity contribution in [3.8, 4) is 0 Å². The quantitative estimate of drug-likeness (QED) is 0.314. The molecule has 0 saturated carbocycles. The third kappa shape index (κ3) is 4.88. The average molecular weight is 484 g/mol. The molecule has 0 N–H and O–H groups in total. The highest BCUT2D eigenvalue weighted by atomic mass is 28.3. The summed E-state index contributed by atoms with van der Waals surface area (Å²) in [6.07, 6.45) is 3.53. The number of likely N-dealkylation sites (tertiary alicyclic amines) is 1. The van der Waals surface area contributed by atoms with Crippen LogP contribution in [0, 0.1) is 11.3 Å². The molecule has 1 radical (unpaired) electrons. The Morgan fingerprint density at radius 1 is 1.21 bits per heavy atom. The van der Waals surface area contributed by atoms with Gasteiger partial charge in [-0.2, -0.15) is 0 Å². The maximum Gasteiger partial charge on any atom is 0.412 e. The minimum absolute atomic E-state index is 0.0563. The number of imide groups is 1. The van der Waals surface area contributed by atoms with Gasteiger partial charge in [0, 0.05) is 19.5 Å². The molecule has 3 amide bonds. The van der Waals surface area contributed by atoms with Crippen LogP contribution in [0.1, 0.15) is 54.8 Å². The number of nitrogens with zero attached hydrogens (tertiary/aromatic N) is 2. The van der Waals surface area contributed by atoms with Gasteiger partial charge in [0.25, 0.3) is 11.8 Å². The largest absolute Gasteiger partial charge is 0.445 e. The smallest absolute Gasteiger partial charge is 0.412 e. The molecular weight excluding hydrogens is 448 g/mol. The number of amides is 3. The average Bonchev–Trinajstić information content (AvgIpc) is 3.27. The van der Waals surface area contributed by atoms with Crippen molar-refractivity contribution >= 4 is 26.9 Å². The van der Waals surface area contributed by atoms with Gasteiger partial charge in [-0.05, 0) is 49.1 Å². The Morgan fingerprint density at radius 2 is 1.79 bits per heavy atom. The molecule has 0 spiro atoms. The molecule has 2 aliphatic rings. The first kappa shape index (κ1) is 25.9. The van der Waals surface area contributed by atoms with E-state index in [9.17, 15) is 14.4 Å². The molecule has 1 saturated heterocycles. The van der Waals surface area contributed by atoms with Crippen LogP contribution in [0.25, 0.3) is 0 Å². The number of carbonyl (C=O) groups is 3. The lowest BCUT2D eigenvalue weighted by molar-refractivity contribution is -0.0224. The first-order valence-electron chi connectivity index (χ1n) is 11.6. The van der Waals surface area contributed by atoms with E-state index in [2.05, 4.69) is 27.4 Å². The fraction of sp³-hybridized carbons (Fsp3) is 0.500. The molecule has 34 heavy (non-hydrogen) atoms. The normalized spacial score (nSPS) is 23.0. The van der Waals surface area contributed by atoms with E-state index in [1.807, 2.05) is 26.1 Å². The maximum atomic E-state index is 13.1. The van der Waals surface area contributed by atoms with E-state index < -0.39 is 20.9 Å². The number of fused-ring (bicyclic) bond motifs is 1. The van der Waals surface area contributed by atoms with E-state index in [1.54, 1.807) is 29.2 Å². The second-order valence-corrected chi connectivity index (χ2v) is 12.2. The van der Waals surface area contributed by atoms with Gasteiger partial charge in [-0.1, -0.05) is 51.6 Å². The summed E-state index contributed by atoms with van der Waals surface area (Å²) >= 11 is 0. The predicted molar refractivity (Wildman–Crippen MR) is 133 cm³/mol. The Morgan fingerprint density at radius 3 is 2.29 bits per heavy atom. The van der Waals surface area contributed by atoms with Gasteiger partial charge in [-0.25, -0.2) is 4.79 Å². The van der Waals surface area contributed by atoms with Gasteiger partial charge in [-0.15, -0.1) is 0 Å². The van der Waals surface area contributed by atoms with Gasteiger partial charge < -0.3 is 9.16 Å². The highest BCUT2D eigenvalue weighted by Gasteiger charge is 2.53. The molecule has 0 bridgehead atoms. The SMILES string of the molecule is C=CCOC(=O)N1C[C@@H](C(C)(C)C)C[C@]1(O[Si](C)C)/C(C)=C/CN1C(=O)c2ccccc2C1=O. The molecule has 0 aliphatic carbocycles. The van der Waals surface area contributed by atoms with Crippen LogP contribution in [0.2, 0.25) is 13.1 Å². The highest BCUT2D eigenvalue weighted by Crippen LogP contribution is 2.47.